The van der Waals surface area contributed by atoms with Crippen LogP contribution in [-0.2, 0) is 28.0 Å². The van der Waals surface area contributed by atoms with E-state index in [1.165, 1.54) is 35.2 Å². The minimum atomic E-state index is -4.71. The van der Waals surface area contributed by atoms with E-state index < -0.39 is 69.0 Å². The zero-order valence-corrected chi connectivity index (χ0v) is 22.3. The Morgan fingerprint density at radius 2 is 1.64 bits per heavy atom. The van der Waals surface area contributed by atoms with Gasteiger partial charge in [-0.3, -0.25) is 28.0 Å². The van der Waals surface area contributed by atoms with Crippen LogP contribution in [0, 0.1) is 0 Å². The van der Waals surface area contributed by atoms with E-state index in [0.717, 1.165) is 0 Å². The molecule has 226 valence electrons. The largest absolute Gasteiger partial charge is 0.385 e. The van der Waals surface area contributed by atoms with E-state index in [-0.39, 0.29) is 34.1 Å². The summed E-state index contributed by atoms with van der Waals surface area (Å²) in [6.45, 7) is 0. The lowest BCUT2D eigenvalue weighted by atomic mass is 10.2. The molecule has 2 saturated heterocycles. The molecule has 0 spiro atoms. The minimum Gasteiger partial charge on any atom is -0.385 e. The number of nitrogens with zero attached hydrogens (tertiary/aromatic N) is 7. The van der Waals surface area contributed by atoms with Crippen molar-refractivity contribution in [2.75, 3.05) is 24.9 Å². The van der Waals surface area contributed by atoms with Crippen molar-refractivity contribution in [3.63, 3.8) is 0 Å². The first kappa shape index (κ1) is 28.5. The molecule has 6 heterocycles. The van der Waals surface area contributed by atoms with Crippen LogP contribution >= 0.6 is 7.60 Å². The topological polar surface area (TPSA) is 303 Å². The average molecular weight is 612 g/mol. The SMILES string of the molecule is CO[C@H]1O[C@@H](n2cnc3c(=O)[nH]c(N)nc32)C(O)C1OP(=O)(O)CO[C@H]1O[C@@H](n2cnc3c(N)ncnc32)C(O)C1O. The summed E-state index contributed by atoms with van der Waals surface area (Å²) in [5.41, 5.74) is 11.1. The maximum Gasteiger partial charge on any atom is 0.354 e. The van der Waals surface area contributed by atoms with Gasteiger partial charge in [0, 0.05) is 7.11 Å². The number of aliphatic hydroxyl groups excluding tert-OH is 3. The first-order valence-electron chi connectivity index (χ1n) is 12.1. The predicted molar refractivity (Wildman–Crippen MR) is 136 cm³/mol. The number of hydrogen-bond donors (Lipinski definition) is 7. The zero-order chi connectivity index (χ0) is 29.9. The Hall–Kier alpha value is -3.63. The fourth-order valence-electron chi connectivity index (χ4n) is 4.72. The molecule has 4 aromatic heterocycles. The molecule has 2 aliphatic rings. The van der Waals surface area contributed by atoms with Crippen LogP contribution in [0.1, 0.15) is 12.5 Å². The number of nitrogens with two attached hydrogens (primary N) is 2. The number of aliphatic hydroxyl groups is 3. The predicted octanol–water partition coefficient (Wildman–Crippen LogP) is -2.89. The standard InChI is InChI=1S/C20H25N10O11P/c1-37-19-11(10(33)17(40-19)30-4-26-7-14(30)27-20(22)28-15(7)34)41-42(35,36)5-38-18-9(32)8(31)16(39-18)29-3-25-6-12(21)23-2-24-13(6)29/h2-4,8-11,16-19,31-33H,5H2,1H3,(H,35,36)(H2,21,23,24)(H3,22,27,28,34)/t8?,9?,10?,11?,16-,17-,18+,19+/m1/s1. The number of methoxy groups -OCH3 is 1. The van der Waals surface area contributed by atoms with Gasteiger partial charge in [-0.1, -0.05) is 0 Å². The van der Waals surface area contributed by atoms with Crippen molar-refractivity contribution >= 4 is 41.7 Å². The Labute approximate surface area is 233 Å². The molecule has 2 fully saturated rings. The molecule has 42 heavy (non-hydrogen) atoms. The normalized spacial score (nSPS) is 31.3. The van der Waals surface area contributed by atoms with E-state index in [1.54, 1.807) is 0 Å². The molecule has 0 radical (unpaired) electrons. The van der Waals surface area contributed by atoms with Gasteiger partial charge in [0.25, 0.3) is 5.56 Å². The number of nitrogen functional groups attached to an aromatic ring is 2. The van der Waals surface area contributed by atoms with Gasteiger partial charge < -0.3 is 50.6 Å². The minimum absolute atomic E-state index is 0.0216. The van der Waals surface area contributed by atoms with Crippen molar-refractivity contribution in [3.8, 4) is 0 Å². The Morgan fingerprint density at radius 1 is 0.976 bits per heavy atom. The molecule has 5 unspecified atom stereocenters. The molecule has 9 N–H and O–H groups in total. The average Bonchev–Trinajstić information content (AvgIpc) is 3.69. The van der Waals surface area contributed by atoms with Crippen LogP contribution < -0.4 is 17.0 Å². The third-order valence-corrected chi connectivity index (χ3v) is 7.72. The van der Waals surface area contributed by atoms with Gasteiger partial charge in [0.05, 0.1) is 12.7 Å². The molecule has 2 aliphatic heterocycles. The summed E-state index contributed by atoms with van der Waals surface area (Å²) in [5, 5.41) is 32.0. The third kappa shape index (κ3) is 4.80. The molecule has 0 bridgehead atoms. The fraction of sp³-hybridized carbons (Fsp3) is 0.500. The summed E-state index contributed by atoms with van der Waals surface area (Å²) in [6.07, 6.45) is -9.26. The smallest absolute Gasteiger partial charge is 0.354 e. The molecule has 6 rings (SSSR count). The van der Waals surface area contributed by atoms with Crippen LogP contribution in [0.15, 0.2) is 23.8 Å². The number of H-pyrrole nitrogens is 1. The van der Waals surface area contributed by atoms with Crippen LogP contribution in [0.5, 0.6) is 0 Å². The molecule has 0 aliphatic carbocycles. The summed E-state index contributed by atoms with van der Waals surface area (Å²) in [4.78, 5) is 44.9. The molecular formula is C20H25N10O11P. The van der Waals surface area contributed by atoms with Crippen LogP contribution in [0.2, 0.25) is 0 Å². The van der Waals surface area contributed by atoms with Gasteiger partial charge in [0.1, 0.15) is 36.3 Å². The Morgan fingerprint density at radius 3 is 2.38 bits per heavy atom. The van der Waals surface area contributed by atoms with Gasteiger partial charge >= 0.3 is 7.60 Å². The lowest BCUT2D eigenvalue weighted by Gasteiger charge is -2.24. The van der Waals surface area contributed by atoms with Gasteiger partial charge in [-0.2, -0.15) is 4.98 Å². The number of fused-ring (bicyclic) bond motifs is 2. The molecule has 22 heteroatoms. The molecule has 0 amide bonds. The number of rotatable bonds is 8. The lowest BCUT2D eigenvalue weighted by molar-refractivity contribution is -0.171. The number of aromatic amines is 1. The quantitative estimate of drug-likeness (QED) is 0.0982. The third-order valence-electron chi connectivity index (χ3n) is 6.67. The molecular weight excluding hydrogens is 587 g/mol. The number of imidazole rings is 2. The second-order valence-corrected chi connectivity index (χ2v) is 11.1. The summed E-state index contributed by atoms with van der Waals surface area (Å²) >= 11 is 0. The highest BCUT2D eigenvalue weighted by Crippen LogP contribution is 2.48. The highest BCUT2D eigenvalue weighted by molar-refractivity contribution is 7.52. The second-order valence-electron chi connectivity index (χ2n) is 9.36. The van der Waals surface area contributed by atoms with E-state index in [9.17, 15) is 29.6 Å². The van der Waals surface area contributed by atoms with Crippen molar-refractivity contribution in [2.24, 2.45) is 0 Å². The maximum atomic E-state index is 13.0. The van der Waals surface area contributed by atoms with E-state index in [1.807, 2.05) is 0 Å². The Kier molecular flexibility index (Phi) is 7.17. The summed E-state index contributed by atoms with van der Waals surface area (Å²) < 4.78 is 42.5. The van der Waals surface area contributed by atoms with Gasteiger partial charge in [0.15, 0.2) is 54.0 Å². The number of nitrogens with one attached hydrogen (secondary N) is 1. The van der Waals surface area contributed by atoms with Crippen LogP contribution in [0.25, 0.3) is 22.3 Å². The van der Waals surface area contributed by atoms with Crippen molar-refractivity contribution in [1.29, 1.82) is 0 Å². The van der Waals surface area contributed by atoms with E-state index >= 15 is 0 Å². The number of anilines is 2. The van der Waals surface area contributed by atoms with Gasteiger partial charge in [-0.15, -0.1) is 0 Å². The number of aromatic nitrogens is 8. The van der Waals surface area contributed by atoms with Crippen LogP contribution in [-0.4, -0.2) is 110 Å². The van der Waals surface area contributed by atoms with E-state index in [4.69, 9.17) is 34.9 Å². The maximum absolute atomic E-state index is 13.0. The van der Waals surface area contributed by atoms with Crippen molar-refractivity contribution in [3.05, 3.63) is 29.3 Å². The van der Waals surface area contributed by atoms with Crippen LogP contribution in [0.4, 0.5) is 11.8 Å². The van der Waals surface area contributed by atoms with E-state index in [0.29, 0.717) is 0 Å². The first-order chi connectivity index (χ1) is 20.0. The highest BCUT2D eigenvalue weighted by atomic mass is 31.2. The lowest BCUT2D eigenvalue weighted by Crippen LogP contribution is -2.36. The van der Waals surface area contributed by atoms with Gasteiger partial charge in [-0.25, -0.2) is 19.9 Å². The molecule has 0 aromatic carbocycles. The summed E-state index contributed by atoms with van der Waals surface area (Å²) in [7, 11) is -3.49. The molecule has 9 atom stereocenters. The number of ether oxygens (including phenoxy) is 4. The first-order valence-corrected chi connectivity index (χ1v) is 13.9. The monoisotopic (exact) mass is 612 g/mol. The van der Waals surface area contributed by atoms with Crippen LogP contribution in [0.3, 0.4) is 0 Å². The molecule has 21 nitrogen and oxygen atoms in total. The van der Waals surface area contributed by atoms with Crippen molar-refractivity contribution in [1.82, 2.24) is 39.0 Å². The van der Waals surface area contributed by atoms with Gasteiger partial charge in [-0.05, 0) is 0 Å². The summed E-state index contributed by atoms with van der Waals surface area (Å²) in [6, 6.07) is 0. The second kappa shape index (κ2) is 10.6. The Bertz CT molecular complexity index is 1730. The Balaban J connectivity index is 1.15. The van der Waals surface area contributed by atoms with E-state index in [2.05, 4.69) is 29.9 Å². The summed E-state index contributed by atoms with van der Waals surface area (Å²) in [5.74, 6) is -0.125. The zero-order valence-electron chi connectivity index (χ0n) is 21.4. The number of hydrogen-bond acceptors (Lipinski definition) is 17. The molecule has 0 saturated carbocycles. The highest BCUT2D eigenvalue weighted by Gasteiger charge is 2.50. The van der Waals surface area contributed by atoms with Gasteiger partial charge in [0.2, 0.25) is 5.95 Å². The van der Waals surface area contributed by atoms with Crippen molar-refractivity contribution < 1.29 is 48.2 Å². The van der Waals surface area contributed by atoms with Crippen molar-refractivity contribution in [2.45, 2.75) is 49.5 Å². The fourth-order valence-corrected chi connectivity index (χ4v) is 5.72. The molecule has 4 aromatic rings.